The van der Waals surface area contributed by atoms with Gasteiger partial charge in [-0.3, -0.25) is 14.6 Å². The van der Waals surface area contributed by atoms with Crippen LogP contribution in [-0.4, -0.2) is 33.3 Å². The fraction of sp³-hybridized carbons (Fsp3) is 0.250. The number of nitrogens with zero attached hydrogens (tertiary/aromatic N) is 2. The van der Waals surface area contributed by atoms with E-state index in [2.05, 4.69) is 11.9 Å². The van der Waals surface area contributed by atoms with Crippen LogP contribution in [0, 0.1) is 6.92 Å². The number of carbonyl (C=O) groups excluding carboxylic acids is 2. The smallest absolute Gasteiger partial charge is 0.295 e. The Kier molecular flexibility index (Phi) is 7.51. The van der Waals surface area contributed by atoms with Crippen molar-refractivity contribution in [3.05, 3.63) is 99.8 Å². The van der Waals surface area contributed by atoms with Gasteiger partial charge in [-0.1, -0.05) is 43.1 Å². The number of Topliss-reactive ketones (excluding diaryl/α,β-unsaturated/α-hetero) is 1. The maximum atomic E-state index is 13.2. The molecule has 1 atom stereocenters. The Bertz CT molecular complexity index is 1260. The van der Waals surface area contributed by atoms with Crippen molar-refractivity contribution in [2.75, 3.05) is 6.61 Å². The third-order valence-electron chi connectivity index (χ3n) is 6.01. The van der Waals surface area contributed by atoms with Crippen molar-refractivity contribution >= 4 is 29.1 Å². The van der Waals surface area contributed by atoms with E-state index >= 15 is 0 Å². The van der Waals surface area contributed by atoms with E-state index < -0.39 is 17.7 Å². The van der Waals surface area contributed by atoms with Crippen molar-refractivity contribution in [3.63, 3.8) is 0 Å². The van der Waals surface area contributed by atoms with Crippen LogP contribution in [0.25, 0.3) is 5.76 Å². The number of pyridine rings is 1. The number of aliphatic hydroxyl groups is 1. The monoisotopic (exact) mass is 490 g/mol. The molecule has 180 valence electrons. The normalized spacial score (nSPS) is 17.1. The number of carbonyl (C=O) groups is 2. The average molecular weight is 491 g/mol. The van der Waals surface area contributed by atoms with Crippen LogP contribution in [0.15, 0.2) is 72.6 Å². The summed E-state index contributed by atoms with van der Waals surface area (Å²) >= 11 is 6.09. The van der Waals surface area contributed by atoms with E-state index in [-0.39, 0.29) is 17.9 Å². The molecule has 0 unspecified atom stereocenters. The summed E-state index contributed by atoms with van der Waals surface area (Å²) in [6.45, 7) is 4.76. The number of hydrogen-bond donors (Lipinski definition) is 1. The molecule has 0 aliphatic carbocycles. The highest BCUT2D eigenvalue weighted by Crippen LogP contribution is 2.41. The number of rotatable bonds is 8. The molecule has 6 nitrogen and oxygen atoms in total. The standard InChI is InChI=1S/C28H27ClN2O4/c1-3-4-14-35-23-12-9-21(15-18(23)2)26(32)24-25(20-7-10-22(29)11-8-20)31(28(34)27(24)33)17-19-6-5-13-30-16-19/h5-13,15-16,25,32H,3-4,14,17H2,1-2H3/t25-/m1/s1. The van der Waals surface area contributed by atoms with Crippen molar-refractivity contribution in [2.45, 2.75) is 39.3 Å². The molecule has 1 fully saturated rings. The molecule has 3 aromatic rings. The molecule has 1 amide bonds. The number of hydrogen-bond acceptors (Lipinski definition) is 5. The van der Waals surface area contributed by atoms with Crippen LogP contribution in [0.1, 0.15) is 48.1 Å². The van der Waals surface area contributed by atoms with Crippen LogP contribution in [0.2, 0.25) is 5.02 Å². The molecule has 1 aliphatic heterocycles. The van der Waals surface area contributed by atoms with E-state index in [9.17, 15) is 14.7 Å². The lowest BCUT2D eigenvalue weighted by Crippen LogP contribution is -2.29. The van der Waals surface area contributed by atoms with Crippen molar-refractivity contribution in [1.29, 1.82) is 0 Å². The zero-order valence-electron chi connectivity index (χ0n) is 19.7. The molecule has 7 heteroatoms. The Hall–Kier alpha value is -3.64. The molecule has 1 N–H and O–H groups in total. The van der Waals surface area contributed by atoms with Crippen LogP contribution in [0.4, 0.5) is 0 Å². The van der Waals surface area contributed by atoms with Crippen LogP contribution in [0.5, 0.6) is 5.75 Å². The minimum atomic E-state index is -0.770. The van der Waals surface area contributed by atoms with Crippen LogP contribution in [-0.2, 0) is 16.1 Å². The zero-order chi connectivity index (χ0) is 24.9. The molecule has 0 radical (unpaired) electrons. The summed E-state index contributed by atoms with van der Waals surface area (Å²) in [5.41, 5.74) is 2.77. The second-order valence-corrected chi connectivity index (χ2v) is 8.96. The first kappa shape index (κ1) is 24.5. The van der Waals surface area contributed by atoms with E-state index in [0.717, 1.165) is 29.7 Å². The van der Waals surface area contributed by atoms with Gasteiger partial charge in [-0.05, 0) is 66.4 Å². The number of unbranched alkanes of at least 4 members (excludes halogenated alkanes) is 1. The van der Waals surface area contributed by atoms with Crippen LogP contribution >= 0.6 is 11.6 Å². The highest BCUT2D eigenvalue weighted by Gasteiger charge is 2.46. The summed E-state index contributed by atoms with van der Waals surface area (Å²) < 4.78 is 5.82. The Labute approximate surface area is 209 Å². The third-order valence-corrected chi connectivity index (χ3v) is 6.26. The number of amides is 1. The molecule has 1 saturated heterocycles. The Morgan fingerprint density at radius 3 is 2.57 bits per heavy atom. The largest absolute Gasteiger partial charge is 0.507 e. The second-order valence-electron chi connectivity index (χ2n) is 8.52. The number of ketones is 1. The number of aryl methyl sites for hydroxylation is 1. The number of halogens is 1. The topological polar surface area (TPSA) is 79.7 Å². The lowest BCUT2D eigenvalue weighted by molar-refractivity contribution is -0.140. The predicted molar refractivity (Wildman–Crippen MR) is 135 cm³/mol. The van der Waals surface area contributed by atoms with E-state index in [1.165, 1.54) is 4.90 Å². The maximum absolute atomic E-state index is 13.2. The molecule has 1 aliphatic rings. The first-order valence-electron chi connectivity index (χ1n) is 11.6. The van der Waals surface area contributed by atoms with Gasteiger partial charge in [-0.25, -0.2) is 0 Å². The second kappa shape index (κ2) is 10.7. The predicted octanol–water partition coefficient (Wildman–Crippen LogP) is 5.84. The molecule has 2 aromatic carbocycles. The van der Waals surface area contributed by atoms with Gasteiger partial charge in [0.2, 0.25) is 0 Å². The molecule has 0 saturated carbocycles. The summed E-state index contributed by atoms with van der Waals surface area (Å²) in [6.07, 6.45) is 5.27. The molecule has 2 heterocycles. The SMILES string of the molecule is CCCCOc1ccc(C(O)=C2C(=O)C(=O)N(Cc3cccnc3)[C@@H]2c2ccc(Cl)cc2)cc1C. The summed E-state index contributed by atoms with van der Waals surface area (Å²) in [6, 6.07) is 15.0. The highest BCUT2D eigenvalue weighted by molar-refractivity contribution is 6.46. The summed E-state index contributed by atoms with van der Waals surface area (Å²) in [4.78, 5) is 31.9. The van der Waals surface area contributed by atoms with Crippen LogP contribution in [0.3, 0.4) is 0 Å². The Balaban J connectivity index is 1.77. The summed E-state index contributed by atoms with van der Waals surface area (Å²) in [5.74, 6) is -0.902. The van der Waals surface area contributed by atoms with Gasteiger partial charge in [0.1, 0.15) is 11.5 Å². The maximum Gasteiger partial charge on any atom is 0.295 e. The minimum Gasteiger partial charge on any atom is -0.507 e. The zero-order valence-corrected chi connectivity index (χ0v) is 20.5. The number of benzene rings is 2. The number of likely N-dealkylation sites (tertiary alicyclic amines) is 1. The lowest BCUT2D eigenvalue weighted by atomic mass is 9.94. The minimum absolute atomic E-state index is 0.0419. The molecule has 1 aromatic heterocycles. The quantitative estimate of drug-likeness (QED) is 0.185. The molecule has 35 heavy (non-hydrogen) atoms. The highest BCUT2D eigenvalue weighted by atomic mass is 35.5. The molecule has 4 rings (SSSR count). The van der Waals surface area contributed by atoms with Crippen molar-refractivity contribution in [3.8, 4) is 5.75 Å². The number of aromatic nitrogens is 1. The molecular weight excluding hydrogens is 464 g/mol. The first-order valence-corrected chi connectivity index (χ1v) is 11.9. The van der Waals surface area contributed by atoms with Gasteiger partial charge in [0.25, 0.3) is 11.7 Å². The van der Waals surface area contributed by atoms with Gasteiger partial charge < -0.3 is 14.7 Å². The first-order chi connectivity index (χ1) is 16.9. The summed E-state index contributed by atoms with van der Waals surface area (Å²) in [5, 5.41) is 11.8. The van der Waals surface area contributed by atoms with Gasteiger partial charge in [-0.2, -0.15) is 0 Å². The van der Waals surface area contributed by atoms with E-state index in [1.54, 1.807) is 60.9 Å². The van der Waals surface area contributed by atoms with Gasteiger partial charge >= 0.3 is 0 Å². The molecule has 0 bridgehead atoms. The van der Waals surface area contributed by atoms with Gasteiger partial charge in [0.15, 0.2) is 0 Å². The van der Waals surface area contributed by atoms with Gasteiger partial charge in [0.05, 0.1) is 18.2 Å². The van der Waals surface area contributed by atoms with Crippen LogP contribution < -0.4 is 4.74 Å². The number of aliphatic hydroxyl groups excluding tert-OH is 1. The van der Waals surface area contributed by atoms with E-state index in [0.29, 0.717) is 22.8 Å². The Morgan fingerprint density at radius 2 is 1.91 bits per heavy atom. The van der Waals surface area contributed by atoms with Crippen molar-refractivity contribution in [1.82, 2.24) is 9.88 Å². The lowest BCUT2D eigenvalue weighted by Gasteiger charge is -2.25. The Morgan fingerprint density at radius 1 is 1.14 bits per heavy atom. The fourth-order valence-electron chi connectivity index (χ4n) is 4.16. The molecule has 0 spiro atoms. The van der Waals surface area contributed by atoms with E-state index in [1.807, 2.05) is 13.0 Å². The van der Waals surface area contributed by atoms with Crippen molar-refractivity contribution in [2.24, 2.45) is 0 Å². The molecular formula is C28H27ClN2O4. The van der Waals surface area contributed by atoms with Crippen molar-refractivity contribution < 1.29 is 19.4 Å². The third kappa shape index (κ3) is 5.23. The van der Waals surface area contributed by atoms with Gasteiger partial charge in [-0.15, -0.1) is 0 Å². The summed E-state index contributed by atoms with van der Waals surface area (Å²) in [7, 11) is 0. The average Bonchev–Trinajstić information content (AvgIpc) is 3.10. The number of ether oxygens (including phenoxy) is 1. The van der Waals surface area contributed by atoms with Gasteiger partial charge in [0, 0.05) is 29.5 Å². The fourth-order valence-corrected chi connectivity index (χ4v) is 4.29. The van der Waals surface area contributed by atoms with E-state index in [4.69, 9.17) is 16.3 Å².